The molecular weight excluding hydrogens is 410 g/mol. The van der Waals surface area contributed by atoms with Gasteiger partial charge in [-0.3, -0.25) is 14.4 Å². The van der Waals surface area contributed by atoms with Gasteiger partial charge in [-0.2, -0.15) is 0 Å². The monoisotopic (exact) mass is 449 g/mol. The average molecular weight is 450 g/mol. The van der Waals surface area contributed by atoms with E-state index in [9.17, 15) is 14.4 Å². The first-order valence-electron chi connectivity index (χ1n) is 12.8. The molecule has 4 aliphatic carbocycles. The zero-order valence-electron chi connectivity index (χ0n) is 21.1. The summed E-state index contributed by atoms with van der Waals surface area (Å²) in [5, 5.41) is 0. The van der Waals surface area contributed by atoms with E-state index in [4.69, 9.17) is 0 Å². The lowest BCUT2D eigenvalue weighted by Crippen LogP contribution is -2.46. The fraction of sp³-hybridized carbons (Fsp3) is 0.690. The predicted molar refractivity (Wildman–Crippen MR) is 129 cm³/mol. The van der Waals surface area contributed by atoms with E-state index in [2.05, 4.69) is 41.5 Å². The number of nitrogens with zero attached hydrogens (tertiary/aromatic N) is 1. The van der Waals surface area contributed by atoms with Gasteiger partial charge in [0.1, 0.15) is 11.6 Å². The summed E-state index contributed by atoms with van der Waals surface area (Å²) in [6.45, 7) is 14.0. The molecule has 0 aliphatic heterocycles. The predicted octanol–water partition coefficient (Wildman–Crippen LogP) is 5.41. The lowest BCUT2D eigenvalue weighted by atomic mass is 9.70. The van der Waals surface area contributed by atoms with E-state index in [1.165, 1.54) is 0 Å². The Hall–Kier alpha value is -1.97. The summed E-state index contributed by atoms with van der Waals surface area (Å²) in [6.07, 6.45) is 3.98. The summed E-state index contributed by atoms with van der Waals surface area (Å²) in [4.78, 5) is 42.8. The van der Waals surface area contributed by atoms with Crippen LogP contribution >= 0.6 is 0 Å². The second kappa shape index (κ2) is 7.02. The largest absolute Gasteiger partial charge is 0.337 e. The molecule has 0 heterocycles. The molecule has 5 rings (SSSR count). The van der Waals surface area contributed by atoms with Crippen molar-refractivity contribution in [2.24, 2.45) is 45.3 Å². The van der Waals surface area contributed by atoms with Crippen LogP contribution < -0.4 is 0 Å². The SMILES string of the molecule is CC1(C)[C@H]2CC[C@@]1(C)C(=O)[C@@H]2CN(C[C@H]1C(=O)[C@@]2(C)CC[C@@H]1C2(C)C)C(=O)c1ccccc1. The summed E-state index contributed by atoms with van der Waals surface area (Å²) >= 11 is 0. The minimum Gasteiger partial charge on any atom is -0.337 e. The topological polar surface area (TPSA) is 54.5 Å². The standard InChI is InChI=1S/C29H39NO3/c1-26(2)21-12-14-28(26,5)23(31)19(21)16-30(25(33)18-10-8-7-9-11-18)17-20-22-13-15-29(6,24(20)32)27(22,3)4/h7-11,19-22H,12-17H2,1-6H3/t19-,20-,21+,22+,28-,29+/m1/s1. The van der Waals surface area contributed by atoms with Crippen LogP contribution in [0.1, 0.15) is 77.6 Å². The van der Waals surface area contributed by atoms with Crippen LogP contribution in [0.5, 0.6) is 0 Å². The summed E-state index contributed by atoms with van der Waals surface area (Å²) in [7, 11) is 0. The van der Waals surface area contributed by atoms with E-state index in [0.717, 1.165) is 25.7 Å². The number of rotatable bonds is 5. The van der Waals surface area contributed by atoms with E-state index >= 15 is 0 Å². The molecule has 1 aromatic carbocycles. The van der Waals surface area contributed by atoms with Crippen molar-refractivity contribution in [2.45, 2.75) is 67.2 Å². The van der Waals surface area contributed by atoms with Crippen LogP contribution in [-0.4, -0.2) is 35.5 Å². The van der Waals surface area contributed by atoms with Crippen LogP contribution in [0.25, 0.3) is 0 Å². The summed E-state index contributed by atoms with van der Waals surface area (Å²) in [5.74, 6) is 0.916. The van der Waals surface area contributed by atoms with Crippen molar-refractivity contribution >= 4 is 17.5 Å². The molecule has 6 atom stereocenters. The van der Waals surface area contributed by atoms with Gasteiger partial charge in [-0.1, -0.05) is 59.7 Å². The second-order valence-electron chi connectivity index (χ2n) is 12.9. The number of Topliss-reactive ketones (excluding diaryl/α,β-unsaturated/α-hetero) is 2. The van der Waals surface area contributed by atoms with Gasteiger partial charge < -0.3 is 4.90 Å². The van der Waals surface area contributed by atoms with E-state index in [1.54, 1.807) is 0 Å². The van der Waals surface area contributed by atoms with Crippen molar-refractivity contribution in [1.82, 2.24) is 4.90 Å². The molecule has 0 radical (unpaired) electrons. The average Bonchev–Trinajstić information content (AvgIpc) is 3.26. The number of carbonyl (C=O) groups is 3. The highest BCUT2D eigenvalue weighted by molar-refractivity contribution is 5.97. The number of benzene rings is 1. The fourth-order valence-electron chi connectivity index (χ4n) is 8.45. The number of ketones is 2. The van der Waals surface area contributed by atoms with Crippen molar-refractivity contribution in [1.29, 1.82) is 0 Å². The lowest BCUT2D eigenvalue weighted by molar-refractivity contribution is -0.132. The molecule has 4 nitrogen and oxygen atoms in total. The first kappa shape index (κ1) is 22.8. The minimum atomic E-state index is -0.304. The number of hydrogen-bond acceptors (Lipinski definition) is 3. The zero-order valence-corrected chi connectivity index (χ0v) is 21.1. The molecule has 0 saturated heterocycles. The molecule has 4 saturated carbocycles. The van der Waals surface area contributed by atoms with E-state index in [-0.39, 0.29) is 39.4 Å². The minimum absolute atomic E-state index is 0.0477. The number of fused-ring (bicyclic) bond motifs is 4. The lowest BCUT2D eigenvalue weighted by Gasteiger charge is -2.34. The first-order valence-corrected chi connectivity index (χ1v) is 12.8. The van der Waals surface area contributed by atoms with Crippen LogP contribution in [0, 0.1) is 45.3 Å². The maximum Gasteiger partial charge on any atom is 0.253 e. The van der Waals surface area contributed by atoms with E-state index in [1.807, 2.05) is 35.2 Å². The maximum absolute atomic E-state index is 13.7. The van der Waals surface area contributed by atoms with E-state index in [0.29, 0.717) is 42.1 Å². The van der Waals surface area contributed by atoms with Gasteiger partial charge in [0.15, 0.2) is 0 Å². The first-order chi connectivity index (χ1) is 15.4. The van der Waals surface area contributed by atoms with Gasteiger partial charge in [0, 0.05) is 41.3 Å². The van der Waals surface area contributed by atoms with Crippen LogP contribution in [0.3, 0.4) is 0 Å². The van der Waals surface area contributed by atoms with Crippen LogP contribution in [0.15, 0.2) is 30.3 Å². The van der Waals surface area contributed by atoms with Gasteiger partial charge in [0.05, 0.1) is 0 Å². The number of amides is 1. The Balaban J connectivity index is 1.46. The Bertz CT molecular complexity index is 955. The highest BCUT2D eigenvalue weighted by atomic mass is 16.2. The zero-order chi connectivity index (χ0) is 24.0. The molecular formula is C29H39NO3. The molecule has 4 aliphatic rings. The fourth-order valence-corrected chi connectivity index (χ4v) is 8.45. The van der Waals surface area contributed by atoms with Crippen LogP contribution in [-0.2, 0) is 9.59 Å². The number of hydrogen-bond donors (Lipinski definition) is 0. The third kappa shape index (κ3) is 2.79. The van der Waals surface area contributed by atoms with Crippen molar-refractivity contribution in [2.75, 3.05) is 13.1 Å². The van der Waals surface area contributed by atoms with Crippen molar-refractivity contribution in [3.05, 3.63) is 35.9 Å². The normalized spacial score (nSPS) is 39.9. The molecule has 0 aromatic heterocycles. The molecule has 178 valence electrons. The van der Waals surface area contributed by atoms with Gasteiger partial charge in [-0.15, -0.1) is 0 Å². The molecule has 4 fully saturated rings. The molecule has 4 bridgehead atoms. The highest BCUT2D eigenvalue weighted by Gasteiger charge is 2.68. The summed E-state index contributed by atoms with van der Waals surface area (Å²) in [5.41, 5.74) is -0.0649. The molecule has 0 unspecified atom stereocenters. The van der Waals surface area contributed by atoms with Crippen molar-refractivity contribution < 1.29 is 14.4 Å². The van der Waals surface area contributed by atoms with Crippen molar-refractivity contribution in [3.63, 3.8) is 0 Å². The van der Waals surface area contributed by atoms with Gasteiger partial charge in [0.2, 0.25) is 0 Å². The highest BCUT2D eigenvalue weighted by Crippen LogP contribution is 2.67. The quantitative estimate of drug-likeness (QED) is 0.604. The van der Waals surface area contributed by atoms with Crippen LogP contribution in [0.4, 0.5) is 0 Å². The van der Waals surface area contributed by atoms with Crippen molar-refractivity contribution in [3.8, 4) is 0 Å². The summed E-state index contributed by atoms with van der Waals surface area (Å²) in [6, 6.07) is 9.36. The molecule has 33 heavy (non-hydrogen) atoms. The van der Waals surface area contributed by atoms with E-state index < -0.39 is 0 Å². The Morgan fingerprint density at radius 3 is 1.58 bits per heavy atom. The smallest absolute Gasteiger partial charge is 0.253 e. The van der Waals surface area contributed by atoms with Crippen LogP contribution in [0.2, 0.25) is 0 Å². The Labute approximate surface area is 198 Å². The Morgan fingerprint density at radius 1 is 0.788 bits per heavy atom. The molecule has 1 aromatic rings. The van der Waals surface area contributed by atoms with Gasteiger partial charge >= 0.3 is 0 Å². The molecule has 4 heteroatoms. The number of carbonyl (C=O) groups excluding carboxylic acids is 3. The third-order valence-corrected chi connectivity index (χ3v) is 11.5. The summed E-state index contributed by atoms with van der Waals surface area (Å²) < 4.78 is 0. The Kier molecular flexibility index (Phi) is 4.85. The molecule has 0 N–H and O–H groups in total. The van der Waals surface area contributed by atoms with Gasteiger partial charge in [-0.05, 0) is 60.5 Å². The second-order valence-corrected chi connectivity index (χ2v) is 12.9. The molecule has 0 spiro atoms. The molecule has 1 amide bonds. The third-order valence-electron chi connectivity index (χ3n) is 11.5. The Morgan fingerprint density at radius 2 is 1.21 bits per heavy atom. The van der Waals surface area contributed by atoms with Gasteiger partial charge in [-0.25, -0.2) is 0 Å². The van der Waals surface area contributed by atoms with Gasteiger partial charge in [0.25, 0.3) is 5.91 Å². The maximum atomic E-state index is 13.7.